The molecule has 0 saturated heterocycles. The number of hydrogen-bond acceptors (Lipinski definition) is 3. The van der Waals surface area contributed by atoms with Crippen LogP contribution in [0.2, 0.25) is 0 Å². The van der Waals surface area contributed by atoms with Crippen LogP contribution < -0.4 is 5.43 Å². The highest BCUT2D eigenvalue weighted by molar-refractivity contribution is 9.10. The van der Waals surface area contributed by atoms with Crippen molar-refractivity contribution in [1.29, 1.82) is 0 Å². The highest BCUT2D eigenvalue weighted by atomic mass is 79.9. The van der Waals surface area contributed by atoms with Gasteiger partial charge in [-0.15, -0.1) is 0 Å². The number of phenols is 1. The first kappa shape index (κ1) is 15.1. The molecule has 0 spiro atoms. The third-order valence-corrected chi connectivity index (χ3v) is 2.98. The summed E-state index contributed by atoms with van der Waals surface area (Å²) in [5.41, 5.74) is 2.31. The van der Waals surface area contributed by atoms with Crippen LogP contribution in [-0.2, 0) is 0 Å². The van der Waals surface area contributed by atoms with Gasteiger partial charge in [0, 0.05) is 21.7 Å². The summed E-state index contributed by atoms with van der Waals surface area (Å²) < 4.78 is 26.6. The molecule has 0 aliphatic heterocycles. The standard InChI is InChI=1S/C14H9BrF2N2O2/c15-10-2-1-8(13(20)5-10)7-18-19-14(21)9-3-11(16)6-12(17)4-9/h1-7,20H,(H,19,21). The number of carbonyl (C=O) groups excluding carboxylic acids is 1. The van der Waals surface area contributed by atoms with Crippen molar-refractivity contribution in [3.8, 4) is 5.75 Å². The quantitative estimate of drug-likeness (QED) is 0.656. The first-order valence-corrected chi connectivity index (χ1v) is 6.53. The minimum atomic E-state index is -0.852. The van der Waals surface area contributed by atoms with Gasteiger partial charge in [0.2, 0.25) is 0 Å². The Bertz CT molecular complexity index is 700. The van der Waals surface area contributed by atoms with Gasteiger partial charge in [-0.05, 0) is 30.3 Å². The SMILES string of the molecule is O=C(NN=Cc1ccc(Br)cc1O)c1cc(F)cc(F)c1. The van der Waals surface area contributed by atoms with E-state index in [4.69, 9.17) is 0 Å². The van der Waals surface area contributed by atoms with Crippen LogP contribution in [0.3, 0.4) is 0 Å². The van der Waals surface area contributed by atoms with Crippen molar-refractivity contribution in [2.75, 3.05) is 0 Å². The number of amides is 1. The summed E-state index contributed by atoms with van der Waals surface area (Å²) in [5, 5.41) is 13.2. The fraction of sp³-hybridized carbons (Fsp3) is 0. The van der Waals surface area contributed by atoms with E-state index in [-0.39, 0.29) is 11.3 Å². The van der Waals surface area contributed by atoms with E-state index in [0.717, 1.165) is 12.1 Å². The maximum absolute atomic E-state index is 13.0. The van der Waals surface area contributed by atoms with Gasteiger partial charge in [0.1, 0.15) is 17.4 Å². The molecule has 0 heterocycles. The monoisotopic (exact) mass is 354 g/mol. The average Bonchev–Trinajstić information content (AvgIpc) is 2.40. The van der Waals surface area contributed by atoms with Gasteiger partial charge in [-0.2, -0.15) is 5.10 Å². The Kier molecular flexibility index (Phi) is 4.64. The smallest absolute Gasteiger partial charge is 0.271 e. The molecule has 2 aromatic rings. The Hall–Kier alpha value is -2.28. The Labute approximate surface area is 127 Å². The van der Waals surface area contributed by atoms with E-state index in [1.54, 1.807) is 12.1 Å². The molecule has 0 unspecified atom stereocenters. The normalized spacial score (nSPS) is 10.8. The molecule has 0 atom stereocenters. The molecule has 0 saturated carbocycles. The zero-order valence-electron chi connectivity index (χ0n) is 10.5. The van der Waals surface area contributed by atoms with Crippen LogP contribution >= 0.6 is 15.9 Å². The predicted molar refractivity (Wildman–Crippen MR) is 77.2 cm³/mol. The second-order valence-electron chi connectivity index (χ2n) is 4.06. The lowest BCUT2D eigenvalue weighted by molar-refractivity contribution is 0.0954. The van der Waals surface area contributed by atoms with Gasteiger partial charge < -0.3 is 5.11 Å². The summed E-state index contributed by atoms with van der Waals surface area (Å²) in [6.07, 6.45) is 1.22. The van der Waals surface area contributed by atoms with E-state index in [0.29, 0.717) is 16.1 Å². The van der Waals surface area contributed by atoms with Crippen LogP contribution in [0.5, 0.6) is 5.75 Å². The van der Waals surface area contributed by atoms with Crippen LogP contribution in [0.4, 0.5) is 8.78 Å². The fourth-order valence-corrected chi connectivity index (χ4v) is 1.88. The van der Waals surface area contributed by atoms with E-state index < -0.39 is 17.5 Å². The summed E-state index contributed by atoms with van der Waals surface area (Å²) in [6.45, 7) is 0. The van der Waals surface area contributed by atoms with Crippen LogP contribution in [0.1, 0.15) is 15.9 Å². The van der Waals surface area contributed by atoms with Crippen LogP contribution in [0.25, 0.3) is 0 Å². The molecule has 0 radical (unpaired) electrons. The van der Waals surface area contributed by atoms with Crippen molar-refractivity contribution in [3.63, 3.8) is 0 Å². The highest BCUT2D eigenvalue weighted by Crippen LogP contribution is 2.20. The Morgan fingerprint density at radius 3 is 2.48 bits per heavy atom. The number of carbonyl (C=O) groups is 1. The van der Waals surface area contributed by atoms with Crippen molar-refractivity contribution < 1.29 is 18.7 Å². The van der Waals surface area contributed by atoms with Crippen molar-refractivity contribution in [1.82, 2.24) is 5.43 Å². The van der Waals surface area contributed by atoms with Crippen LogP contribution in [0, 0.1) is 11.6 Å². The van der Waals surface area contributed by atoms with Gasteiger partial charge in [0.05, 0.1) is 6.21 Å². The van der Waals surface area contributed by atoms with Gasteiger partial charge in [-0.1, -0.05) is 15.9 Å². The molecule has 2 N–H and O–H groups in total. The lowest BCUT2D eigenvalue weighted by Crippen LogP contribution is -2.18. The molecular weight excluding hydrogens is 346 g/mol. The molecule has 2 aromatic carbocycles. The summed E-state index contributed by atoms with van der Waals surface area (Å²) in [4.78, 5) is 11.7. The van der Waals surface area contributed by atoms with Gasteiger partial charge >= 0.3 is 0 Å². The number of nitrogens with zero attached hydrogens (tertiary/aromatic N) is 1. The molecule has 2 rings (SSSR count). The molecule has 1 amide bonds. The van der Waals surface area contributed by atoms with Crippen LogP contribution in [-0.4, -0.2) is 17.2 Å². The summed E-state index contributed by atoms with van der Waals surface area (Å²) in [7, 11) is 0. The van der Waals surface area contributed by atoms with E-state index in [2.05, 4.69) is 26.5 Å². The van der Waals surface area contributed by atoms with E-state index in [1.165, 1.54) is 12.3 Å². The molecule has 108 valence electrons. The molecule has 7 heteroatoms. The average molecular weight is 355 g/mol. The predicted octanol–water partition coefficient (Wildman–Crippen LogP) is 3.20. The third-order valence-electron chi connectivity index (χ3n) is 2.49. The van der Waals surface area contributed by atoms with E-state index in [1.807, 2.05) is 0 Å². The topological polar surface area (TPSA) is 61.7 Å². The zero-order chi connectivity index (χ0) is 15.4. The van der Waals surface area contributed by atoms with Gasteiger partial charge in [0.25, 0.3) is 5.91 Å². The Balaban J connectivity index is 2.08. The number of benzene rings is 2. The number of hydrazone groups is 1. The van der Waals surface area contributed by atoms with Crippen LogP contribution in [0.15, 0.2) is 46.0 Å². The number of halogens is 3. The van der Waals surface area contributed by atoms with E-state index in [9.17, 15) is 18.7 Å². The molecule has 0 fully saturated rings. The van der Waals surface area contributed by atoms with Crippen molar-refractivity contribution in [2.24, 2.45) is 5.10 Å². The summed E-state index contributed by atoms with van der Waals surface area (Å²) >= 11 is 3.19. The number of hydrogen-bond donors (Lipinski definition) is 2. The fourth-order valence-electron chi connectivity index (χ4n) is 1.54. The molecule has 4 nitrogen and oxygen atoms in total. The molecule has 21 heavy (non-hydrogen) atoms. The number of nitrogens with one attached hydrogen (secondary N) is 1. The minimum absolute atomic E-state index is 0.0285. The lowest BCUT2D eigenvalue weighted by atomic mass is 10.2. The molecule has 0 aliphatic carbocycles. The molecule has 0 aromatic heterocycles. The molecule has 0 bridgehead atoms. The molecule has 0 aliphatic rings. The van der Waals surface area contributed by atoms with Gasteiger partial charge in [-0.3, -0.25) is 4.79 Å². The second kappa shape index (κ2) is 6.45. The zero-order valence-corrected chi connectivity index (χ0v) is 12.1. The van der Waals surface area contributed by atoms with Gasteiger partial charge in [-0.25, -0.2) is 14.2 Å². The lowest BCUT2D eigenvalue weighted by Gasteiger charge is -2.01. The number of rotatable bonds is 3. The first-order valence-electron chi connectivity index (χ1n) is 5.74. The van der Waals surface area contributed by atoms with Crippen molar-refractivity contribution in [2.45, 2.75) is 0 Å². The maximum Gasteiger partial charge on any atom is 0.271 e. The second-order valence-corrected chi connectivity index (χ2v) is 4.98. The van der Waals surface area contributed by atoms with Crippen molar-refractivity contribution >= 4 is 28.1 Å². The molecular formula is C14H9BrF2N2O2. The Morgan fingerprint density at radius 2 is 1.86 bits per heavy atom. The van der Waals surface area contributed by atoms with E-state index >= 15 is 0 Å². The summed E-state index contributed by atoms with van der Waals surface area (Å²) in [5.74, 6) is -2.50. The number of aromatic hydroxyl groups is 1. The highest BCUT2D eigenvalue weighted by Gasteiger charge is 2.08. The largest absolute Gasteiger partial charge is 0.507 e. The first-order chi connectivity index (χ1) is 9.95. The maximum atomic E-state index is 13.0. The minimum Gasteiger partial charge on any atom is -0.507 e. The van der Waals surface area contributed by atoms with Gasteiger partial charge in [0.15, 0.2) is 0 Å². The number of phenolic OH excluding ortho intramolecular Hbond substituents is 1. The Morgan fingerprint density at radius 1 is 1.19 bits per heavy atom. The van der Waals surface area contributed by atoms with Crippen molar-refractivity contribution in [3.05, 3.63) is 63.6 Å². The third kappa shape index (κ3) is 4.09. The summed E-state index contributed by atoms with van der Waals surface area (Å²) in [6, 6.07) is 7.18.